The monoisotopic (exact) mass is 322 g/mol. The number of hydrogen-bond acceptors (Lipinski definition) is 4. The molecule has 0 radical (unpaired) electrons. The summed E-state index contributed by atoms with van der Waals surface area (Å²) in [5.41, 5.74) is 1.72. The van der Waals surface area contributed by atoms with Gasteiger partial charge in [-0.1, -0.05) is 0 Å². The molecule has 0 aliphatic carbocycles. The molecule has 98 valence electrons. The molecule has 0 saturated carbocycles. The second-order valence-electron chi connectivity index (χ2n) is 4.01. The van der Waals surface area contributed by atoms with E-state index < -0.39 is 4.92 Å². The molecule has 19 heavy (non-hydrogen) atoms. The van der Waals surface area contributed by atoms with Crippen molar-refractivity contribution in [3.8, 4) is 5.75 Å². The summed E-state index contributed by atoms with van der Waals surface area (Å²) < 4.78 is 6.51. The van der Waals surface area contributed by atoms with Crippen molar-refractivity contribution < 1.29 is 9.66 Å². The van der Waals surface area contributed by atoms with Crippen molar-refractivity contribution in [1.29, 1.82) is 0 Å². The number of pyridine rings is 1. The van der Waals surface area contributed by atoms with Gasteiger partial charge in [0.1, 0.15) is 12.4 Å². The number of rotatable bonds is 4. The number of aromatic nitrogens is 1. The molecule has 0 saturated heterocycles. The van der Waals surface area contributed by atoms with Crippen LogP contribution in [0, 0.1) is 17.0 Å². The Labute approximate surface area is 118 Å². The van der Waals surface area contributed by atoms with Gasteiger partial charge in [0.05, 0.1) is 4.92 Å². The average molecular weight is 323 g/mol. The molecule has 2 aromatic rings. The van der Waals surface area contributed by atoms with E-state index in [1.807, 2.05) is 6.07 Å². The van der Waals surface area contributed by atoms with Gasteiger partial charge in [-0.25, -0.2) is 0 Å². The van der Waals surface area contributed by atoms with E-state index in [0.29, 0.717) is 12.4 Å². The van der Waals surface area contributed by atoms with E-state index in [9.17, 15) is 10.1 Å². The van der Waals surface area contributed by atoms with E-state index in [1.54, 1.807) is 25.4 Å². The molecule has 0 aliphatic rings. The van der Waals surface area contributed by atoms with Gasteiger partial charge in [-0.15, -0.1) is 0 Å². The third-order valence-electron chi connectivity index (χ3n) is 2.53. The lowest BCUT2D eigenvalue weighted by atomic mass is 10.2. The Morgan fingerprint density at radius 1 is 1.37 bits per heavy atom. The maximum atomic E-state index is 10.6. The number of aryl methyl sites for hydroxylation is 1. The van der Waals surface area contributed by atoms with Crippen LogP contribution in [0.5, 0.6) is 5.75 Å². The highest BCUT2D eigenvalue weighted by atomic mass is 79.9. The third-order valence-corrected chi connectivity index (χ3v) is 2.96. The Morgan fingerprint density at radius 2 is 2.16 bits per heavy atom. The van der Waals surface area contributed by atoms with E-state index in [-0.39, 0.29) is 5.69 Å². The molecule has 6 heteroatoms. The summed E-state index contributed by atoms with van der Waals surface area (Å²) in [5, 5.41) is 10.6. The highest BCUT2D eigenvalue weighted by Gasteiger charge is 2.08. The van der Waals surface area contributed by atoms with Gasteiger partial charge in [0, 0.05) is 34.6 Å². The Bertz CT molecular complexity index is 617. The molecule has 1 aromatic carbocycles. The van der Waals surface area contributed by atoms with Crippen molar-refractivity contribution in [2.75, 3.05) is 0 Å². The lowest BCUT2D eigenvalue weighted by molar-refractivity contribution is -0.384. The van der Waals surface area contributed by atoms with Crippen LogP contribution in [-0.2, 0) is 6.61 Å². The van der Waals surface area contributed by atoms with Crippen LogP contribution in [0.3, 0.4) is 0 Å². The van der Waals surface area contributed by atoms with Crippen LogP contribution in [0.2, 0.25) is 0 Å². The lowest BCUT2D eigenvalue weighted by Crippen LogP contribution is -1.98. The largest absolute Gasteiger partial charge is 0.489 e. The van der Waals surface area contributed by atoms with E-state index in [4.69, 9.17) is 4.74 Å². The number of nitrogens with zero attached hydrogens (tertiary/aromatic N) is 2. The van der Waals surface area contributed by atoms with Crippen LogP contribution < -0.4 is 4.74 Å². The molecule has 2 rings (SSSR count). The molecule has 1 heterocycles. The summed E-state index contributed by atoms with van der Waals surface area (Å²) in [7, 11) is 0. The van der Waals surface area contributed by atoms with Gasteiger partial charge in [0.15, 0.2) is 0 Å². The second kappa shape index (κ2) is 5.79. The van der Waals surface area contributed by atoms with E-state index in [0.717, 1.165) is 15.6 Å². The number of halogens is 1. The SMILES string of the molecule is Cc1cc([N+](=O)[O-])ccc1OCc1cncc(Br)c1. The first-order valence-corrected chi connectivity index (χ1v) is 6.33. The van der Waals surface area contributed by atoms with Crippen molar-refractivity contribution >= 4 is 21.6 Å². The summed E-state index contributed by atoms with van der Waals surface area (Å²) in [6.45, 7) is 2.15. The molecule has 0 amide bonds. The van der Waals surface area contributed by atoms with E-state index in [2.05, 4.69) is 20.9 Å². The third kappa shape index (κ3) is 3.51. The molecule has 0 bridgehead atoms. The van der Waals surface area contributed by atoms with Gasteiger partial charge in [0.2, 0.25) is 0 Å². The van der Waals surface area contributed by atoms with Crippen LogP contribution in [0.25, 0.3) is 0 Å². The van der Waals surface area contributed by atoms with E-state index in [1.165, 1.54) is 12.1 Å². The van der Waals surface area contributed by atoms with Crippen LogP contribution >= 0.6 is 15.9 Å². The number of nitro groups is 1. The standard InChI is InChI=1S/C13H11BrN2O3/c1-9-4-12(16(17)18)2-3-13(9)19-8-10-5-11(14)7-15-6-10/h2-7H,8H2,1H3. The maximum absolute atomic E-state index is 10.6. The number of non-ortho nitro benzene ring substituents is 1. The average Bonchev–Trinajstić information content (AvgIpc) is 2.37. The molecular weight excluding hydrogens is 312 g/mol. The fourth-order valence-corrected chi connectivity index (χ4v) is 2.02. The molecule has 0 N–H and O–H groups in total. The first-order valence-electron chi connectivity index (χ1n) is 5.53. The molecule has 0 unspecified atom stereocenters. The quantitative estimate of drug-likeness (QED) is 0.636. The Balaban J connectivity index is 2.10. The summed E-state index contributed by atoms with van der Waals surface area (Å²) in [4.78, 5) is 14.3. The number of nitro benzene ring substituents is 1. The normalized spacial score (nSPS) is 10.2. The van der Waals surface area contributed by atoms with Gasteiger partial charge in [0.25, 0.3) is 5.69 Å². The van der Waals surface area contributed by atoms with Crippen LogP contribution in [0.15, 0.2) is 41.1 Å². The highest BCUT2D eigenvalue weighted by molar-refractivity contribution is 9.10. The molecule has 0 fully saturated rings. The topological polar surface area (TPSA) is 65.3 Å². The molecule has 0 atom stereocenters. The van der Waals surface area contributed by atoms with Gasteiger partial charge < -0.3 is 4.74 Å². The smallest absolute Gasteiger partial charge is 0.269 e. The number of benzene rings is 1. The maximum Gasteiger partial charge on any atom is 0.269 e. The van der Waals surface area contributed by atoms with Crippen LogP contribution in [0.1, 0.15) is 11.1 Å². The fraction of sp³-hybridized carbons (Fsp3) is 0.154. The summed E-state index contributed by atoms with van der Waals surface area (Å²) in [5.74, 6) is 0.630. The molecule has 1 aromatic heterocycles. The first kappa shape index (κ1) is 13.5. The van der Waals surface area contributed by atoms with Crippen LogP contribution in [0.4, 0.5) is 5.69 Å². The minimum Gasteiger partial charge on any atom is -0.489 e. The second-order valence-corrected chi connectivity index (χ2v) is 4.92. The summed E-state index contributed by atoms with van der Waals surface area (Å²) >= 11 is 3.34. The van der Waals surface area contributed by atoms with E-state index >= 15 is 0 Å². The Kier molecular flexibility index (Phi) is 4.11. The molecular formula is C13H11BrN2O3. The zero-order valence-corrected chi connectivity index (χ0v) is 11.8. The fourth-order valence-electron chi connectivity index (χ4n) is 1.60. The van der Waals surface area contributed by atoms with Crippen molar-refractivity contribution in [2.24, 2.45) is 0 Å². The predicted molar refractivity (Wildman–Crippen MR) is 74.1 cm³/mol. The highest BCUT2D eigenvalue weighted by Crippen LogP contribution is 2.24. The van der Waals surface area contributed by atoms with Crippen molar-refractivity contribution in [1.82, 2.24) is 4.98 Å². The molecule has 0 aliphatic heterocycles. The van der Waals surface area contributed by atoms with Gasteiger partial charge in [-0.2, -0.15) is 0 Å². The van der Waals surface area contributed by atoms with Gasteiger partial charge in [-0.3, -0.25) is 15.1 Å². The number of hydrogen-bond donors (Lipinski definition) is 0. The van der Waals surface area contributed by atoms with Gasteiger partial charge >= 0.3 is 0 Å². The number of ether oxygens (including phenoxy) is 1. The predicted octanol–water partition coefficient (Wildman–Crippen LogP) is 3.64. The lowest BCUT2D eigenvalue weighted by Gasteiger charge is -2.08. The van der Waals surface area contributed by atoms with Crippen molar-refractivity contribution in [3.63, 3.8) is 0 Å². The minimum atomic E-state index is -0.422. The summed E-state index contributed by atoms with van der Waals surface area (Å²) in [6, 6.07) is 6.45. The first-order chi connectivity index (χ1) is 9.06. The Hall–Kier alpha value is -1.95. The van der Waals surface area contributed by atoms with Crippen molar-refractivity contribution in [3.05, 3.63) is 62.4 Å². The summed E-state index contributed by atoms with van der Waals surface area (Å²) in [6.07, 6.45) is 3.41. The zero-order chi connectivity index (χ0) is 13.8. The molecule has 0 spiro atoms. The van der Waals surface area contributed by atoms with Crippen LogP contribution in [-0.4, -0.2) is 9.91 Å². The van der Waals surface area contributed by atoms with Gasteiger partial charge in [-0.05, 0) is 40.5 Å². The molecule has 5 nitrogen and oxygen atoms in total. The minimum absolute atomic E-state index is 0.0639. The Morgan fingerprint density at radius 3 is 2.79 bits per heavy atom. The zero-order valence-electron chi connectivity index (χ0n) is 10.2. The van der Waals surface area contributed by atoms with Crippen molar-refractivity contribution in [2.45, 2.75) is 13.5 Å².